The van der Waals surface area contributed by atoms with Crippen LogP contribution in [0.15, 0.2) is 28.6 Å². The van der Waals surface area contributed by atoms with E-state index in [1.54, 1.807) is 7.05 Å². The van der Waals surface area contributed by atoms with Crippen LogP contribution in [0.4, 0.5) is 0 Å². The number of nitrogens with zero attached hydrogens (tertiary/aromatic N) is 1. The van der Waals surface area contributed by atoms with Crippen molar-refractivity contribution in [2.45, 2.75) is 33.8 Å². The lowest BCUT2D eigenvalue weighted by atomic mass is 10.1. The van der Waals surface area contributed by atoms with Crippen molar-refractivity contribution in [2.75, 3.05) is 7.05 Å². The highest BCUT2D eigenvalue weighted by atomic mass is 16.5. The molecular weight excluding hydrogens is 176 g/mol. The smallest absolute Gasteiger partial charge is 0.117 e. The molecule has 2 N–H and O–H groups in total. The Bertz CT molecular complexity index is 275. The summed E-state index contributed by atoms with van der Waals surface area (Å²) >= 11 is 0. The zero-order chi connectivity index (χ0) is 11.3. The maximum atomic E-state index is 5.86. The first-order valence-corrected chi connectivity index (χ1v) is 4.66. The fourth-order valence-electron chi connectivity index (χ4n) is 0.915. The van der Waals surface area contributed by atoms with Crippen molar-refractivity contribution < 1.29 is 4.74 Å². The maximum Gasteiger partial charge on any atom is 0.117 e. The number of aliphatic imine (C=N–C) groups is 1. The molecule has 0 radical (unpaired) electrons. The summed E-state index contributed by atoms with van der Waals surface area (Å²) in [5.74, 6) is 0.612. The normalized spacial score (nSPS) is 14.0. The van der Waals surface area contributed by atoms with Crippen LogP contribution in [0, 0.1) is 0 Å². The summed E-state index contributed by atoms with van der Waals surface area (Å²) < 4.78 is 5.44. The fourth-order valence-corrected chi connectivity index (χ4v) is 0.915. The van der Waals surface area contributed by atoms with E-state index in [1.807, 2.05) is 27.7 Å². The van der Waals surface area contributed by atoms with Crippen molar-refractivity contribution in [3.05, 3.63) is 23.6 Å². The Morgan fingerprint density at radius 1 is 1.36 bits per heavy atom. The molecule has 0 heterocycles. The predicted octanol–water partition coefficient (Wildman–Crippen LogP) is 2.25. The van der Waals surface area contributed by atoms with Gasteiger partial charge in [-0.25, -0.2) is 0 Å². The second-order valence-corrected chi connectivity index (χ2v) is 3.44. The monoisotopic (exact) mass is 196 g/mol. The SMILES string of the molecule is C=C(OC(C)C)/C(C)=C(/N)C(C)=NC. The predicted molar refractivity (Wildman–Crippen MR) is 61.3 cm³/mol. The molecule has 0 fully saturated rings. The topological polar surface area (TPSA) is 47.6 Å². The molecule has 0 saturated carbocycles. The van der Waals surface area contributed by atoms with Crippen molar-refractivity contribution >= 4 is 5.71 Å². The molecular formula is C11H20N2O. The van der Waals surface area contributed by atoms with Gasteiger partial charge in [-0.15, -0.1) is 0 Å². The van der Waals surface area contributed by atoms with E-state index in [1.165, 1.54) is 0 Å². The number of nitrogens with two attached hydrogens (primary N) is 1. The lowest BCUT2D eigenvalue weighted by Crippen LogP contribution is -2.13. The first-order chi connectivity index (χ1) is 6.40. The van der Waals surface area contributed by atoms with E-state index >= 15 is 0 Å². The summed E-state index contributed by atoms with van der Waals surface area (Å²) in [6, 6.07) is 0. The van der Waals surface area contributed by atoms with Gasteiger partial charge >= 0.3 is 0 Å². The number of hydrogen-bond donors (Lipinski definition) is 1. The Balaban J connectivity index is 4.74. The van der Waals surface area contributed by atoms with E-state index in [4.69, 9.17) is 10.5 Å². The number of ether oxygens (including phenoxy) is 1. The first kappa shape index (κ1) is 12.8. The average molecular weight is 196 g/mol. The summed E-state index contributed by atoms with van der Waals surface area (Å²) in [6.45, 7) is 11.5. The van der Waals surface area contributed by atoms with E-state index in [0.717, 1.165) is 11.3 Å². The van der Waals surface area contributed by atoms with E-state index in [2.05, 4.69) is 11.6 Å². The van der Waals surface area contributed by atoms with Gasteiger partial charge in [0.05, 0.1) is 17.5 Å². The molecule has 3 heteroatoms. The van der Waals surface area contributed by atoms with E-state index in [-0.39, 0.29) is 6.10 Å². The molecule has 0 aromatic carbocycles. The molecule has 80 valence electrons. The Labute approximate surface area is 86.4 Å². The molecule has 0 rings (SSSR count). The lowest BCUT2D eigenvalue weighted by molar-refractivity contribution is 0.155. The van der Waals surface area contributed by atoms with Crippen LogP contribution >= 0.6 is 0 Å². The van der Waals surface area contributed by atoms with Gasteiger partial charge in [0.1, 0.15) is 5.76 Å². The number of allylic oxidation sites excluding steroid dienone is 2. The number of rotatable bonds is 4. The van der Waals surface area contributed by atoms with E-state index < -0.39 is 0 Å². The Hall–Kier alpha value is -1.25. The third kappa shape index (κ3) is 3.64. The molecule has 0 amide bonds. The summed E-state index contributed by atoms with van der Waals surface area (Å²) in [5, 5.41) is 0. The molecule has 14 heavy (non-hydrogen) atoms. The van der Waals surface area contributed by atoms with Gasteiger partial charge in [0.15, 0.2) is 0 Å². The third-order valence-electron chi connectivity index (χ3n) is 1.93. The summed E-state index contributed by atoms with van der Waals surface area (Å²) in [5.41, 5.74) is 8.14. The molecule has 0 atom stereocenters. The molecule has 0 aromatic rings. The highest BCUT2D eigenvalue weighted by Gasteiger charge is 2.07. The molecule has 0 saturated heterocycles. The van der Waals surface area contributed by atoms with Crippen LogP contribution in [0.25, 0.3) is 0 Å². The van der Waals surface area contributed by atoms with Gasteiger partial charge in [-0.05, 0) is 27.7 Å². The Morgan fingerprint density at radius 3 is 2.21 bits per heavy atom. The summed E-state index contributed by atoms with van der Waals surface area (Å²) in [7, 11) is 1.71. The summed E-state index contributed by atoms with van der Waals surface area (Å²) in [4.78, 5) is 4.01. The van der Waals surface area contributed by atoms with E-state index in [0.29, 0.717) is 11.5 Å². The zero-order valence-electron chi connectivity index (χ0n) is 9.72. The second kappa shape index (κ2) is 5.47. The van der Waals surface area contributed by atoms with Crippen molar-refractivity contribution in [2.24, 2.45) is 10.7 Å². The molecule has 0 aliphatic carbocycles. The van der Waals surface area contributed by atoms with Crippen LogP contribution in [-0.4, -0.2) is 18.9 Å². The summed E-state index contributed by atoms with van der Waals surface area (Å²) in [6.07, 6.45) is 0.115. The van der Waals surface area contributed by atoms with Crippen LogP contribution in [0.2, 0.25) is 0 Å². The average Bonchev–Trinajstić information content (AvgIpc) is 2.13. The van der Waals surface area contributed by atoms with Crippen molar-refractivity contribution in [1.82, 2.24) is 0 Å². The van der Waals surface area contributed by atoms with Crippen molar-refractivity contribution in [3.63, 3.8) is 0 Å². The first-order valence-electron chi connectivity index (χ1n) is 4.66. The third-order valence-corrected chi connectivity index (χ3v) is 1.93. The van der Waals surface area contributed by atoms with E-state index in [9.17, 15) is 0 Å². The quantitative estimate of drug-likeness (QED) is 0.426. The maximum absolute atomic E-state index is 5.86. The fraction of sp³-hybridized carbons (Fsp3) is 0.545. The van der Waals surface area contributed by atoms with Crippen LogP contribution < -0.4 is 5.73 Å². The zero-order valence-corrected chi connectivity index (χ0v) is 9.72. The Kier molecular flexibility index (Phi) is 4.99. The molecule has 0 aromatic heterocycles. The van der Waals surface area contributed by atoms with Gasteiger partial charge < -0.3 is 10.5 Å². The highest BCUT2D eigenvalue weighted by Crippen LogP contribution is 2.13. The minimum absolute atomic E-state index is 0.115. The molecule has 3 nitrogen and oxygen atoms in total. The van der Waals surface area contributed by atoms with Gasteiger partial charge in [-0.2, -0.15) is 0 Å². The van der Waals surface area contributed by atoms with Crippen LogP contribution in [-0.2, 0) is 4.74 Å². The van der Waals surface area contributed by atoms with Gasteiger partial charge in [0.25, 0.3) is 0 Å². The van der Waals surface area contributed by atoms with Crippen molar-refractivity contribution in [3.8, 4) is 0 Å². The minimum Gasteiger partial charge on any atom is -0.491 e. The van der Waals surface area contributed by atoms with Crippen molar-refractivity contribution in [1.29, 1.82) is 0 Å². The lowest BCUT2D eigenvalue weighted by Gasteiger charge is -2.14. The van der Waals surface area contributed by atoms with Crippen LogP contribution in [0.3, 0.4) is 0 Å². The standard InChI is InChI=1S/C11H20N2O/c1-7(2)14-10(5)8(3)11(12)9(4)13-6/h7H,5,12H2,1-4,6H3/b11-8+,13-9?. The number of hydrogen-bond acceptors (Lipinski definition) is 3. The molecule has 0 bridgehead atoms. The van der Waals surface area contributed by atoms with Gasteiger partial charge in [-0.1, -0.05) is 6.58 Å². The molecule has 0 unspecified atom stereocenters. The van der Waals surface area contributed by atoms with Gasteiger partial charge in [-0.3, -0.25) is 4.99 Å². The molecule has 0 aliphatic rings. The van der Waals surface area contributed by atoms with Gasteiger partial charge in [0.2, 0.25) is 0 Å². The molecule has 0 spiro atoms. The highest BCUT2D eigenvalue weighted by molar-refractivity contribution is 5.98. The molecule has 0 aliphatic heterocycles. The Morgan fingerprint density at radius 2 is 1.86 bits per heavy atom. The minimum atomic E-state index is 0.115. The second-order valence-electron chi connectivity index (χ2n) is 3.44. The van der Waals surface area contributed by atoms with Gasteiger partial charge in [0, 0.05) is 12.6 Å². The van der Waals surface area contributed by atoms with Crippen LogP contribution in [0.5, 0.6) is 0 Å². The largest absolute Gasteiger partial charge is 0.491 e. The van der Waals surface area contributed by atoms with Crippen LogP contribution in [0.1, 0.15) is 27.7 Å².